The Labute approximate surface area is 248 Å². The molecule has 0 amide bonds. The van der Waals surface area contributed by atoms with Crippen molar-refractivity contribution in [2.75, 3.05) is 5.75 Å². The van der Waals surface area contributed by atoms with Crippen LogP contribution in [0.3, 0.4) is 0 Å². The summed E-state index contributed by atoms with van der Waals surface area (Å²) in [5.41, 5.74) is -6.46. The second-order valence-electron chi connectivity index (χ2n) is 10.2. The van der Waals surface area contributed by atoms with Crippen molar-refractivity contribution in [2.24, 2.45) is 5.92 Å². The van der Waals surface area contributed by atoms with Crippen LogP contribution in [0.4, 0.5) is 35.1 Å². The van der Waals surface area contributed by atoms with Gasteiger partial charge in [0.25, 0.3) is 5.56 Å². The molecule has 0 bridgehead atoms. The molecule has 2 aromatic carbocycles. The molecular weight excluding hydrogens is 640 g/mol. The molecule has 0 spiro atoms. The van der Waals surface area contributed by atoms with Gasteiger partial charge in [-0.3, -0.25) is 4.79 Å². The summed E-state index contributed by atoms with van der Waals surface area (Å²) in [4.78, 5) is 12.6. The lowest BCUT2D eigenvalue weighted by Crippen LogP contribution is -2.28. The highest BCUT2D eigenvalue weighted by Crippen LogP contribution is 2.41. The van der Waals surface area contributed by atoms with Crippen molar-refractivity contribution in [3.05, 3.63) is 98.8 Å². The predicted molar refractivity (Wildman–Crippen MR) is 144 cm³/mol. The first-order chi connectivity index (χ1) is 20.5. The van der Waals surface area contributed by atoms with Gasteiger partial charge in [-0.1, -0.05) is 6.07 Å². The lowest BCUT2D eigenvalue weighted by molar-refractivity contribution is -0.138. The topological polar surface area (TPSA) is 79.9 Å². The molecule has 15 heteroatoms. The third kappa shape index (κ3) is 6.41. The maximum absolute atomic E-state index is 14.5. The fraction of sp³-hybridized carbons (Fsp3) is 0.241. The molecule has 0 unspecified atom stereocenters. The molecule has 4 aromatic rings. The minimum Gasteiger partial charge on any atom is -0.302 e. The van der Waals surface area contributed by atoms with Crippen molar-refractivity contribution in [1.29, 1.82) is 5.26 Å². The molecule has 1 aliphatic carbocycles. The molecule has 0 radical (unpaired) electrons. The normalized spacial score (nSPS) is 14.1. The number of hydrogen-bond donors (Lipinski definition) is 0. The number of benzene rings is 2. The van der Waals surface area contributed by atoms with E-state index < -0.39 is 73.2 Å². The summed E-state index contributed by atoms with van der Waals surface area (Å²) in [6.07, 6.45) is -8.82. The van der Waals surface area contributed by atoms with Crippen molar-refractivity contribution in [3.63, 3.8) is 0 Å². The van der Waals surface area contributed by atoms with Crippen LogP contribution in [0.15, 0.2) is 64.3 Å². The van der Waals surface area contributed by atoms with Crippen molar-refractivity contribution < 1.29 is 43.5 Å². The summed E-state index contributed by atoms with van der Waals surface area (Å²) < 4.78 is 137. The number of rotatable bonds is 7. The number of halogens is 8. The van der Waals surface area contributed by atoms with Gasteiger partial charge in [0.1, 0.15) is 23.3 Å². The monoisotopic (exact) mass is 658 g/mol. The van der Waals surface area contributed by atoms with Crippen LogP contribution in [-0.4, -0.2) is 18.7 Å². The third-order valence-electron chi connectivity index (χ3n) is 6.95. The van der Waals surface area contributed by atoms with E-state index in [-0.39, 0.29) is 32.6 Å². The lowest BCUT2D eigenvalue weighted by atomic mass is 10.1. The van der Waals surface area contributed by atoms with Crippen molar-refractivity contribution in [2.45, 2.75) is 36.6 Å². The van der Waals surface area contributed by atoms with Gasteiger partial charge in [0.15, 0.2) is 9.84 Å². The van der Waals surface area contributed by atoms with E-state index in [1.165, 1.54) is 18.2 Å². The van der Waals surface area contributed by atoms with Gasteiger partial charge in [0.05, 0.1) is 38.9 Å². The number of sulfone groups is 1. The van der Waals surface area contributed by atoms with E-state index in [9.17, 15) is 53.6 Å². The van der Waals surface area contributed by atoms with E-state index in [1.807, 2.05) is 0 Å². The summed E-state index contributed by atoms with van der Waals surface area (Å²) >= 11 is 0.651. The largest absolute Gasteiger partial charge is 0.417 e. The van der Waals surface area contributed by atoms with Gasteiger partial charge < -0.3 is 4.57 Å². The minimum atomic E-state index is -5.16. The molecule has 230 valence electrons. The first-order valence-electron chi connectivity index (χ1n) is 12.7. The fourth-order valence-corrected chi connectivity index (χ4v) is 7.34. The van der Waals surface area contributed by atoms with Gasteiger partial charge in [-0.25, -0.2) is 17.2 Å². The summed E-state index contributed by atoms with van der Waals surface area (Å²) in [5.74, 6) is -2.56. The van der Waals surface area contributed by atoms with E-state index in [4.69, 9.17) is 0 Å². The third-order valence-corrected chi connectivity index (χ3v) is 9.97. The summed E-state index contributed by atoms with van der Waals surface area (Å²) in [6.45, 7) is -0.715. The van der Waals surface area contributed by atoms with Crippen LogP contribution in [0.25, 0.3) is 21.0 Å². The molecule has 2 heterocycles. The minimum absolute atomic E-state index is 0.0267. The first-order valence-corrected chi connectivity index (χ1v) is 15.2. The number of hydrogen-bond acceptors (Lipinski definition) is 5. The van der Waals surface area contributed by atoms with E-state index >= 15 is 0 Å². The predicted octanol–water partition coefficient (Wildman–Crippen LogP) is 7.66. The van der Waals surface area contributed by atoms with Crippen molar-refractivity contribution >= 4 is 21.2 Å². The molecule has 1 fully saturated rings. The number of thiophene rings is 1. The molecule has 1 aliphatic rings. The van der Waals surface area contributed by atoms with Gasteiger partial charge in [0, 0.05) is 16.5 Å². The lowest BCUT2D eigenvalue weighted by Gasteiger charge is -2.17. The number of aromatic nitrogens is 1. The number of pyridine rings is 1. The second-order valence-corrected chi connectivity index (χ2v) is 13.3. The van der Waals surface area contributed by atoms with E-state index in [1.54, 1.807) is 0 Å². The van der Waals surface area contributed by atoms with Crippen LogP contribution in [0, 0.1) is 28.9 Å². The molecule has 5 nitrogen and oxygen atoms in total. The van der Waals surface area contributed by atoms with Gasteiger partial charge >= 0.3 is 12.4 Å². The molecule has 0 aliphatic heterocycles. The standard InChI is InChI=1S/C29H18F8N2O3S2/c30-19-4-3-16(23(31)10-19)13-39-24(11-22(29(35,36)37)21(12-38)27(39)40)26-6-5-25(43-26)17-7-18(28(32,33)34)9-20(8-17)44(41,42)14-15-1-2-15/h3-11,15H,1-2,13-14H2. The highest BCUT2D eigenvalue weighted by atomic mass is 32.2. The smallest absolute Gasteiger partial charge is 0.302 e. The molecule has 5 rings (SSSR count). The Morgan fingerprint density at radius 2 is 1.59 bits per heavy atom. The maximum Gasteiger partial charge on any atom is 0.417 e. The molecule has 1 saturated carbocycles. The molecule has 0 atom stereocenters. The van der Waals surface area contributed by atoms with Gasteiger partial charge in [0.2, 0.25) is 0 Å². The molecule has 0 N–H and O–H groups in total. The van der Waals surface area contributed by atoms with Crippen molar-refractivity contribution in [3.8, 4) is 27.1 Å². The summed E-state index contributed by atoms with van der Waals surface area (Å²) in [7, 11) is -4.10. The highest BCUT2D eigenvalue weighted by molar-refractivity contribution is 7.91. The Balaban J connectivity index is 1.69. The number of nitrogens with zero attached hydrogens (tertiary/aromatic N) is 2. The van der Waals surface area contributed by atoms with Crippen LogP contribution in [0.5, 0.6) is 0 Å². The van der Waals surface area contributed by atoms with E-state index in [2.05, 4.69) is 0 Å². The Morgan fingerprint density at radius 1 is 0.909 bits per heavy atom. The van der Waals surface area contributed by atoms with Crippen LogP contribution >= 0.6 is 11.3 Å². The Hall–Kier alpha value is -4.03. The Kier molecular flexibility index (Phi) is 7.96. The summed E-state index contributed by atoms with van der Waals surface area (Å²) in [6, 6.07) is 8.77. The quantitative estimate of drug-likeness (QED) is 0.191. The van der Waals surface area contributed by atoms with Crippen LogP contribution in [-0.2, 0) is 28.7 Å². The number of nitriles is 1. The van der Waals surface area contributed by atoms with E-state index in [0.29, 0.717) is 53.0 Å². The van der Waals surface area contributed by atoms with E-state index in [0.717, 1.165) is 18.2 Å². The SMILES string of the molecule is N#Cc1c(C(F)(F)F)cc(-c2ccc(-c3cc(C(F)(F)F)cc(S(=O)(=O)CC4CC4)c3)s2)n(Cc2ccc(F)cc2F)c1=O. The molecular formula is C29H18F8N2O3S2. The van der Waals surface area contributed by atoms with Crippen LogP contribution in [0.2, 0.25) is 0 Å². The zero-order valence-electron chi connectivity index (χ0n) is 22.1. The molecule has 2 aromatic heterocycles. The Bertz CT molecular complexity index is 1980. The molecule has 0 saturated heterocycles. The molecule has 44 heavy (non-hydrogen) atoms. The van der Waals surface area contributed by atoms with Gasteiger partial charge in [-0.05, 0) is 66.8 Å². The Morgan fingerprint density at radius 3 is 2.18 bits per heavy atom. The fourth-order valence-electron chi connectivity index (χ4n) is 4.57. The zero-order chi connectivity index (χ0) is 32.2. The number of alkyl halides is 6. The maximum atomic E-state index is 14.5. The summed E-state index contributed by atoms with van der Waals surface area (Å²) in [5, 5.41) is 9.37. The highest BCUT2D eigenvalue weighted by Gasteiger charge is 2.37. The average Bonchev–Trinajstić information content (AvgIpc) is 3.59. The van der Waals surface area contributed by atoms with Crippen LogP contribution in [0.1, 0.15) is 35.1 Å². The average molecular weight is 659 g/mol. The van der Waals surface area contributed by atoms with Gasteiger partial charge in [-0.15, -0.1) is 11.3 Å². The second kappa shape index (κ2) is 11.2. The van der Waals surface area contributed by atoms with Gasteiger partial charge in [-0.2, -0.15) is 31.6 Å². The van der Waals surface area contributed by atoms with Crippen LogP contribution < -0.4 is 5.56 Å². The first kappa shape index (κ1) is 31.4. The zero-order valence-corrected chi connectivity index (χ0v) is 23.7. The van der Waals surface area contributed by atoms with Crippen molar-refractivity contribution in [1.82, 2.24) is 4.57 Å².